The Labute approximate surface area is 325 Å². The average molecular weight is 715 g/mol. The molecule has 0 amide bonds. The van der Waals surface area contributed by atoms with E-state index < -0.39 is 0 Å². The van der Waals surface area contributed by atoms with Crippen molar-refractivity contribution in [3.05, 3.63) is 206 Å². The van der Waals surface area contributed by atoms with Gasteiger partial charge in [-0.1, -0.05) is 188 Å². The number of rotatable bonds is 7. The molecular weight excluding hydrogens is 681 g/mol. The Morgan fingerprint density at radius 2 is 0.661 bits per heavy atom. The van der Waals surface area contributed by atoms with E-state index in [1.165, 1.54) is 11.1 Å². The molecule has 0 bridgehead atoms. The number of hydrogen-bond donors (Lipinski definition) is 0. The van der Waals surface area contributed by atoms with Crippen LogP contribution in [0.15, 0.2) is 206 Å². The second-order valence-corrected chi connectivity index (χ2v) is 13.9. The normalized spacial score (nSPS) is 11.2. The second-order valence-electron chi connectivity index (χ2n) is 13.9. The molecule has 0 saturated heterocycles. The molecule has 10 rings (SSSR count). The summed E-state index contributed by atoms with van der Waals surface area (Å²) < 4.78 is 0. The Balaban J connectivity index is 1.08. The molecule has 0 fully saturated rings. The molecule has 0 N–H and O–H groups in total. The minimum absolute atomic E-state index is 0.687. The van der Waals surface area contributed by atoms with E-state index in [1.807, 2.05) is 42.5 Å². The summed E-state index contributed by atoms with van der Waals surface area (Å²) in [7, 11) is 0. The van der Waals surface area contributed by atoms with Gasteiger partial charge in [0.15, 0.2) is 5.82 Å². The molecule has 0 atom stereocenters. The standard InChI is InChI=1S/C52H34N4/c1-5-13-35(14-6-1)36-21-23-40(24-22-36)48-34-49(56-52(55-48)43-19-11-4-12-20-43)41-27-25-39(26-28-41)47-33-45(37-15-7-2-8-16-37)44-31-29-42-30-32-46(38-17-9-3-10-18-38)53-50(42)51(44)54-47/h1-34H. The van der Waals surface area contributed by atoms with Crippen molar-refractivity contribution in [1.82, 2.24) is 19.9 Å². The molecule has 0 radical (unpaired) electrons. The molecule has 0 aliphatic carbocycles. The summed E-state index contributed by atoms with van der Waals surface area (Å²) in [4.78, 5) is 20.7. The molecule has 10 aromatic rings. The summed E-state index contributed by atoms with van der Waals surface area (Å²) in [5, 5.41) is 2.13. The van der Waals surface area contributed by atoms with E-state index >= 15 is 0 Å². The number of benzene rings is 7. The minimum Gasteiger partial charge on any atom is -0.245 e. The second kappa shape index (κ2) is 14.3. The molecule has 0 aliphatic rings. The van der Waals surface area contributed by atoms with E-state index in [-0.39, 0.29) is 0 Å². The number of pyridine rings is 2. The van der Waals surface area contributed by atoms with Crippen molar-refractivity contribution in [2.75, 3.05) is 0 Å². The number of nitrogens with zero attached hydrogens (tertiary/aromatic N) is 4. The average Bonchev–Trinajstić information content (AvgIpc) is 3.29. The van der Waals surface area contributed by atoms with Gasteiger partial charge in [0.25, 0.3) is 0 Å². The van der Waals surface area contributed by atoms with Crippen molar-refractivity contribution in [2.24, 2.45) is 0 Å². The fraction of sp³-hybridized carbons (Fsp3) is 0. The Kier molecular flexibility index (Phi) is 8.47. The van der Waals surface area contributed by atoms with Gasteiger partial charge in [0.05, 0.1) is 33.8 Å². The van der Waals surface area contributed by atoms with Gasteiger partial charge in [-0.25, -0.2) is 19.9 Å². The zero-order valence-corrected chi connectivity index (χ0v) is 30.4. The molecule has 4 heteroatoms. The Morgan fingerprint density at radius 1 is 0.250 bits per heavy atom. The van der Waals surface area contributed by atoms with Gasteiger partial charge in [-0.2, -0.15) is 0 Å². The van der Waals surface area contributed by atoms with Gasteiger partial charge < -0.3 is 0 Å². The van der Waals surface area contributed by atoms with Gasteiger partial charge in [0, 0.05) is 38.6 Å². The Hall–Kier alpha value is -7.56. The summed E-state index contributed by atoms with van der Waals surface area (Å²) in [5.41, 5.74) is 15.0. The van der Waals surface area contributed by atoms with Gasteiger partial charge >= 0.3 is 0 Å². The van der Waals surface area contributed by atoms with Gasteiger partial charge in [0.1, 0.15) is 0 Å². The Morgan fingerprint density at radius 3 is 1.23 bits per heavy atom. The molecule has 0 unspecified atom stereocenters. The van der Waals surface area contributed by atoms with Gasteiger partial charge in [0.2, 0.25) is 0 Å². The van der Waals surface area contributed by atoms with Gasteiger partial charge in [-0.15, -0.1) is 0 Å². The van der Waals surface area contributed by atoms with E-state index in [0.29, 0.717) is 5.82 Å². The molecule has 3 heterocycles. The van der Waals surface area contributed by atoms with E-state index in [1.54, 1.807) is 0 Å². The van der Waals surface area contributed by atoms with Crippen LogP contribution in [-0.2, 0) is 0 Å². The maximum atomic E-state index is 5.35. The lowest BCUT2D eigenvalue weighted by Crippen LogP contribution is -1.96. The lowest BCUT2D eigenvalue weighted by atomic mass is 9.96. The fourth-order valence-corrected chi connectivity index (χ4v) is 7.38. The summed E-state index contributed by atoms with van der Waals surface area (Å²) in [5.74, 6) is 0.687. The van der Waals surface area contributed by atoms with Crippen LogP contribution in [0.5, 0.6) is 0 Å². The van der Waals surface area contributed by atoms with Gasteiger partial charge in [-0.3, -0.25) is 0 Å². The predicted octanol–water partition coefficient (Wildman–Crippen LogP) is 13.2. The summed E-state index contributed by atoms with van der Waals surface area (Å²) in [6.45, 7) is 0. The van der Waals surface area contributed by atoms with Crippen LogP contribution in [0.3, 0.4) is 0 Å². The van der Waals surface area contributed by atoms with E-state index in [2.05, 4.69) is 164 Å². The molecule has 3 aromatic heterocycles. The van der Waals surface area contributed by atoms with Crippen molar-refractivity contribution < 1.29 is 0 Å². The quantitative estimate of drug-likeness (QED) is 0.154. The van der Waals surface area contributed by atoms with Crippen LogP contribution < -0.4 is 0 Å². The molecule has 0 saturated carbocycles. The number of hydrogen-bond acceptors (Lipinski definition) is 4. The maximum absolute atomic E-state index is 5.35. The predicted molar refractivity (Wildman–Crippen MR) is 231 cm³/mol. The van der Waals surface area contributed by atoms with Crippen molar-refractivity contribution >= 4 is 21.8 Å². The largest absolute Gasteiger partial charge is 0.245 e. The highest BCUT2D eigenvalue weighted by molar-refractivity contribution is 6.09. The molecule has 7 aromatic carbocycles. The van der Waals surface area contributed by atoms with Crippen molar-refractivity contribution in [3.63, 3.8) is 0 Å². The third-order valence-electron chi connectivity index (χ3n) is 10.3. The summed E-state index contributed by atoms with van der Waals surface area (Å²) in [6, 6.07) is 71.5. The van der Waals surface area contributed by atoms with Crippen LogP contribution in [-0.4, -0.2) is 19.9 Å². The van der Waals surface area contributed by atoms with Crippen LogP contribution in [0.2, 0.25) is 0 Å². The zero-order valence-electron chi connectivity index (χ0n) is 30.4. The van der Waals surface area contributed by atoms with Crippen LogP contribution in [0.25, 0.3) is 100 Å². The van der Waals surface area contributed by atoms with E-state index in [0.717, 1.165) is 83.5 Å². The molecular formula is C52H34N4. The molecule has 0 spiro atoms. The smallest absolute Gasteiger partial charge is 0.160 e. The highest BCUT2D eigenvalue weighted by Gasteiger charge is 2.16. The highest BCUT2D eigenvalue weighted by atomic mass is 14.9. The molecule has 262 valence electrons. The molecule has 4 nitrogen and oxygen atoms in total. The van der Waals surface area contributed by atoms with Crippen LogP contribution in [0.4, 0.5) is 0 Å². The first-order valence-electron chi connectivity index (χ1n) is 18.8. The lowest BCUT2D eigenvalue weighted by molar-refractivity contribution is 1.18. The molecule has 0 aliphatic heterocycles. The van der Waals surface area contributed by atoms with Crippen LogP contribution >= 0.6 is 0 Å². The topological polar surface area (TPSA) is 51.6 Å². The third kappa shape index (κ3) is 6.40. The SMILES string of the molecule is c1ccc(-c2ccc(-c3cc(-c4ccc(-c5cc(-c6ccccc6)c6ccc7ccc(-c8ccccc8)nc7c6n5)cc4)nc(-c4ccccc4)n3)cc2)cc1. The first kappa shape index (κ1) is 33.0. The molecule has 56 heavy (non-hydrogen) atoms. The maximum Gasteiger partial charge on any atom is 0.160 e. The lowest BCUT2D eigenvalue weighted by Gasteiger charge is -2.13. The van der Waals surface area contributed by atoms with Crippen molar-refractivity contribution in [1.29, 1.82) is 0 Å². The van der Waals surface area contributed by atoms with E-state index in [9.17, 15) is 0 Å². The third-order valence-corrected chi connectivity index (χ3v) is 10.3. The fourth-order valence-electron chi connectivity index (χ4n) is 7.38. The number of aromatic nitrogens is 4. The van der Waals surface area contributed by atoms with Crippen LogP contribution in [0.1, 0.15) is 0 Å². The van der Waals surface area contributed by atoms with E-state index in [4.69, 9.17) is 19.9 Å². The zero-order chi connectivity index (χ0) is 37.3. The summed E-state index contributed by atoms with van der Waals surface area (Å²) >= 11 is 0. The first-order chi connectivity index (χ1) is 27.7. The number of fused-ring (bicyclic) bond motifs is 3. The summed E-state index contributed by atoms with van der Waals surface area (Å²) in [6.07, 6.45) is 0. The highest BCUT2D eigenvalue weighted by Crippen LogP contribution is 2.37. The first-order valence-corrected chi connectivity index (χ1v) is 18.8. The monoisotopic (exact) mass is 714 g/mol. The Bertz CT molecular complexity index is 2970. The van der Waals surface area contributed by atoms with Crippen LogP contribution in [0, 0.1) is 0 Å². The minimum atomic E-state index is 0.687. The van der Waals surface area contributed by atoms with Crippen molar-refractivity contribution in [3.8, 4) is 78.7 Å². The van der Waals surface area contributed by atoms with Crippen molar-refractivity contribution in [2.45, 2.75) is 0 Å². The van der Waals surface area contributed by atoms with Gasteiger partial charge in [-0.05, 0) is 40.5 Å².